The fourth-order valence-corrected chi connectivity index (χ4v) is 5.61. The Labute approximate surface area is 252 Å². The van der Waals surface area contributed by atoms with E-state index in [2.05, 4.69) is 44.7 Å². The standard InChI is InChI=1S/C21H27N7O11S4/c1-36-13-22-12-23-39-40-21-27-19(24-15-5-4-6-16(9-15)42(32,33)37-2)26-20(28-21)25-18-10-17(43(34,35)38-3)8-7-14(18)11-41(29,30)31/h4-10,22-23H,11-13H2,1-3H3,(H,29,30,31)(H2,24,25,26,27,28). The molecule has 0 saturated heterocycles. The first-order chi connectivity index (χ1) is 20.3. The van der Waals surface area contributed by atoms with Crippen LogP contribution in [0.3, 0.4) is 0 Å². The number of hydrogen-bond acceptors (Lipinski definition) is 18. The first-order valence-corrected chi connectivity index (χ1v) is 16.8. The summed E-state index contributed by atoms with van der Waals surface area (Å²) in [7, 11) is -9.27. The molecule has 0 aliphatic carbocycles. The summed E-state index contributed by atoms with van der Waals surface area (Å²) in [5, 5.41) is 8.36. The highest BCUT2D eigenvalue weighted by molar-refractivity contribution is 7.94. The van der Waals surface area contributed by atoms with E-state index >= 15 is 0 Å². The van der Waals surface area contributed by atoms with E-state index in [-0.39, 0.29) is 57.2 Å². The van der Waals surface area contributed by atoms with E-state index in [0.717, 1.165) is 26.4 Å². The average Bonchev–Trinajstić information content (AvgIpc) is 2.95. The van der Waals surface area contributed by atoms with Crippen molar-refractivity contribution in [1.29, 1.82) is 0 Å². The maximum atomic E-state index is 12.3. The number of rotatable bonds is 17. The van der Waals surface area contributed by atoms with E-state index in [0.29, 0.717) is 12.0 Å². The maximum absolute atomic E-state index is 12.3. The van der Waals surface area contributed by atoms with Crippen LogP contribution in [-0.4, -0.2) is 79.5 Å². The predicted molar refractivity (Wildman–Crippen MR) is 153 cm³/mol. The number of aromatic nitrogens is 3. The number of ether oxygens (including phenoxy) is 1. The van der Waals surface area contributed by atoms with Crippen molar-refractivity contribution in [1.82, 2.24) is 25.7 Å². The zero-order valence-corrected chi connectivity index (χ0v) is 25.9. The summed E-state index contributed by atoms with van der Waals surface area (Å²) in [6, 6.07) is 8.91. The Morgan fingerprint density at radius 3 is 2.12 bits per heavy atom. The van der Waals surface area contributed by atoms with E-state index in [1.165, 1.54) is 37.4 Å². The van der Waals surface area contributed by atoms with Crippen molar-refractivity contribution in [3.05, 3.63) is 48.0 Å². The van der Waals surface area contributed by atoms with E-state index in [4.69, 9.17) is 9.02 Å². The number of benzene rings is 2. The quantitative estimate of drug-likeness (QED) is 0.0334. The Hall–Kier alpha value is -3.03. The van der Waals surface area contributed by atoms with Gasteiger partial charge in [0.2, 0.25) is 17.1 Å². The van der Waals surface area contributed by atoms with Gasteiger partial charge in [0.25, 0.3) is 30.4 Å². The zero-order chi connectivity index (χ0) is 31.7. The molecule has 22 heteroatoms. The second-order valence-electron chi connectivity index (χ2n) is 8.00. The van der Waals surface area contributed by atoms with Gasteiger partial charge < -0.3 is 15.4 Å². The topological polar surface area (TPSA) is 246 Å². The van der Waals surface area contributed by atoms with Crippen molar-refractivity contribution >= 4 is 65.7 Å². The first-order valence-electron chi connectivity index (χ1n) is 11.6. The third-order valence-electron chi connectivity index (χ3n) is 5.01. The Morgan fingerprint density at radius 2 is 1.49 bits per heavy atom. The fourth-order valence-electron chi connectivity index (χ4n) is 3.13. The second-order valence-corrected chi connectivity index (χ2v) is 13.6. The van der Waals surface area contributed by atoms with Crippen LogP contribution in [0.5, 0.6) is 0 Å². The number of methoxy groups -OCH3 is 1. The lowest BCUT2D eigenvalue weighted by atomic mass is 10.2. The summed E-state index contributed by atoms with van der Waals surface area (Å²) >= 11 is 0.662. The lowest BCUT2D eigenvalue weighted by Gasteiger charge is -2.14. The van der Waals surface area contributed by atoms with Crippen LogP contribution in [-0.2, 0) is 53.5 Å². The largest absolute Gasteiger partial charge is 0.370 e. The minimum Gasteiger partial charge on any atom is -0.370 e. The zero-order valence-electron chi connectivity index (χ0n) is 22.7. The molecule has 0 aliphatic rings. The number of hydroxylamine groups is 1. The van der Waals surface area contributed by atoms with Gasteiger partial charge in [0.1, 0.15) is 5.75 Å². The molecule has 0 amide bonds. The number of nitrogens with zero attached hydrogens (tertiary/aromatic N) is 3. The van der Waals surface area contributed by atoms with Crippen molar-refractivity contribution in [3.63, 3.8) is 0 Å². The molecule has 3 rings (SSSR count). The lowest BCUT2D eigenvalue weighted by Crippen LogP contribution is -2.28. The van der Waals surface area contributed by atoms with Crippen LogP contribution in [0.4, 0.5) is 23.3 Å². The van der Waals surface area contributed by atoms with Crippen LogP contribution >= 0.6 is 12.0 Å². The van der Waals surface area contributed by atoms with Gasteiger partial charge in [-0.15, -0.1) is 0 Å². The Bertz CT molecular complexity index is 1740. The van der Waals surface area contributed by atoms with Crippen molar-refractivity contribution in [2.24, 2.45) is 0 Å². The van der Waals surface area contributed by atoms with E-state index in [9.17, 15) is 29.8 Å². The van der Waals surface area contributed by atoms with Gasteiger partial charge in [-0.1, -0.05) is 12.1 Å². The molecule has 0 bridgehead atoms. The highest BCUT2D eigenvalue weighted by atomic mass is 32.2. The van der Waals surface area contributed by atoms with E-state index < -0.39 is 36.1 Å². The SMILES string of the molecule is COCNCNOSc1nc(Nc2cccc(S(=O)(=O)OC)c2)nc(Nc2cc(S(=O)(=O)OC)ccc2CS(=O)(=O)O)n1. The van der Waals surface area contributed by atoms with E-state index in [1.54, 1.807) is 0 Å². The second kappa shape index (κ2) is 15.1. The van der Waals surface area contributed by atoms with Gasteiger partial charge in [-0.05, 0) is 35.9 Å². The lowest BCUT2D eigenvalue weighted by molar-refractivity contribution is 0.148. The number of anilines is 4. The van der Waals surface area contributed by atoms with Crippen molar-refractivity contribution < 1.29 is 47.2 Å². The molecule has 2 aromatic carbocycles. The third-order valence-corrected chi connectivity index (χ3v) is 8.75. The highest BCUT2D eigenvalue weighted by Crippen LogP contribution is 2.28. The summed E-state index contributed by atoms with van der Waals surface area (Å²) in [5.74, 6) is -1.21. The summed E-state index contributed by atoms with van der Waals surface area (Å²) in [4.78, 5) is 12.2. The molecular formula is C21H27N7O11S4. The first kappa shape index (κ1) is 34.5. The Balaban J connectivity index is 2.01. The van der Waals surface area contributed by atoms with Crippen molar-refractivity contribution in [2.75, 3.05) is 45.4 Å². The van der Waals surface area contributed by atoms with Crippen LogP contribution in [0.2, 0.25) is 0 Å². The van der Waals surface area contributed by atoms with Gasteiger partial charge in [-0.3, -0.25) is 18.2 Å². The molecule has 0 radical (unpaired) electrons. The van der Waals surface area contributed by atoms with E-state index in [1.807, 2.05) is 0 Å². The minimum atomic E-state index is -4.54. The molecule has 0 saturated carbocycles. The van der Waals surface area contributed by atoms with Crippen LogP contribution in [0.15, 0.2) is 57.4 Å². The molecule has 1 aromatic heterocycles. The summed E-state index contributed by atoms with van der Waals surface area (Å²) in [6.45, 7) is 0.430. The van der Waals surface area contributed by atoms with Crippen molar-refractivity contribution in [2.45, 2.75) is 20.7 Å². The van der Waals surface area contributed by atoms with Gasteiger partial charge in [0.15, 0.2) is 0 Å². The fraction of sp³-hybridized carbons (Fsp3) is 0.286. The molecule has 0 fully saturated rings. The Kier molecular flexibility index (Phi) is 12.1. The van der Waals surface area contributed by atoms with Crippen LogP contribution < -0.4 is 21.4 Å². The van der Waals surface area contributed by atoms with Gasteiger partial charge in [-0.25, -0.2) is 4.28 Å². The summed E-state index contributed by atoms with van der Waals surface area (Å²) in [5.41, 5.74) is 2.70. The molecule has 236 valence electrons. The highest BCUT2D eigenvalue weighted by Gasteiger charge is 2.20. The molecule has 0 atom stereocenters. The number of nitrogens with one attached hydrogen (secondary N) is 4. The molecule has 0 unspecified atom stereocenters. The third kappa shape index (κ3) is 10.6. The molecule has 43 heavy (non-hydrogen) atoms. The van der Waals surface area contributed by atoms with Gasteiger partial charge >= 0.3 is 0 Å². The van der Waals surface area contributed by atoms with Gasteiger partial charge in [0.05, 0.1) is 49.5 Å². The van der Waals surface area contributed by atoms with Gasteiger partial charge in [-0.2, -0.15) is 45.7 Å². The van der Waals surface area contributed by atoms with Gasteiger partial charge in [0, 0.05) is 18.5 Å². The normalized spacial score (nSPS) is 12.3. The Morgan fingerprint density at radius 1 is 0.837 bits per heavy atom. The predicted octanol–water partition coefficient (Wildman–Crippen LogP) is 1.10. The summed E-state index contributed by atoms with van der Waals surface area (Å²) in [6.07, 6.45) is 0. The molecule has 5 N–H and O–H groups in total. The molecule has 3 aromatic rings. The van der Waals surface area contributed by atoms with Crippen LogP contribution in [0.25, 0.3) is 0 Å². The van der Waals surface area contributed by atoms with Crippen LogP contribution in [0, 0.1) is 0 Å². The van der Waals surface area contributed by atoms with Crippen molar-refractivity contribution in [3.8, 4) is 0 Å². The molecule has 0 spiro atoms. The van der Waals surface area contributed by atoms with Crippen LogP contribution in [0.1, 0.15) is 5.56 Å². The molecule has 0 aliphatic heterocycles. The monoisotopic (exact) mass is 681 g/mol. The average molecular weight is 682 g/mol. The summed E-state index contributed by atoms with van der Waals surface area (Å²) < 4.78 is 101. The smallest absolute Gasteiger partial charge is 0.296 e. The molecular weight excluding hydrogens is 655 g/mol. The minimum absolute atomic E-state index is 0.0266. The molecule has 18 nitrogen and oxygen atoms in total. The molecule has 1 heterocycles. The number of hydrogen-bond donors (Lipinski definition) is 5. The maximum Gasteiger partial charge on any atom is 0.296 e.